The van der Waals surface area contributed by atoms with Crippen LogP contribution in [0.25, 0.3) is 0 Å². The van der Waals surface area contributed by atoms with Gasteiger partial charge in [-0.15, -0.1) is 0 Å². The number of ether oxygens (including phenoxy) is 1. The van der Waals surface area contributed by atoms with Crippen molar-refractivity contribution in [3.8, 4) is 5.75 Å². The van der Waals surface area contributed by atoms with Crippen LogP contribution in [0.5, 0.6) is 5.75 Å². The molecule has 1 aromatic carbocycles. The molecule has 94 valence electrons. The van der Waals surface area contributed by atoms with E-state index in [9.17, 15) is 4.79 Å². The van der Waals surface area contributed by atoms with Crippen LogP contribution in [0.3, 0.4) is 0 Å². The minimum absolute atomic E-state index is 0.0422. The fraction of sp³-hybridized carbons (Fsp3) is 0.231. The van der Waals surface area contributed by atoms with Crippen LogP contribution in [0, 0.1) is 0 Å². The SMILES string of the molecule is COc1cccc(C(=O)Cc2cnn(C)c2)c1N. The number of carbonyl (C=O) groups excluding carboxylic acids is 1. The van der Waals surface area contributed by atoms with Gasteiger partial charge in [0.1, 0.15) is 5.75 Å². The molecule has 0 unspecified atom stereocenters. The van der Waals surface area contributed by atoms with Crippen LogP contribution < -0.4 is 10.5 Å². The molecule has 2 rings (SSSR count). The normalized spacial score (nSPS) is 10.3. The molecule has 0 bridgehead atoms. The number of anilines is 1. The number of rotatable bonds is 4. The Hall–Kier alpha value is -2.30. The Balaban J connectivity index is 2.24. The molecule has 0 aliphatic carbocycles. The van der Waals surface area contributed by atoms with Crippen LogP contribution in [-0.4, -0.2) is 22.7 Å². The molecule has 0 fully saturated rings. The van der Waals surface area contributed by atoms with E-state index in [1.807, 2.05) is 13.2 Å². The first-order valence-corrected chi connectivity index (χ1v) is 5.55. The lowest BCUT2D eigenvalue weighted by molar-refractivity contribution is 0.0993. The maximum absolute atomic E-state index is 12.1. The quantitative estimate of drug-likeness (QED) is 0.653. The molecule has 5 nitrogen and oxygen atoms in total. The van der Waals surface area contributed by atoms with Gasteiger partial charge in [0.05, 0.1) is 19.0 Å². The van der Waals surface area contributed by atoms with Crippen molar-refractivity contribution < 1.29 is 9.53 Å². The second kappa shape index (κ2) is 4.91. The summed E-state index contributed by atoms with van der Waals surface area (Å²) in [6, 6.07) is 5.19. The third kappa shape index (κ3) is 2.34. The predicted molar refractivity (Wildman–Crippen MR) is 68.6 cm³/mol. The van der Waals surface area contributed by atoms with E-state index in [1.54, 1.807) is 29.1 Å². The van der Waals surface area contributed by atoms with Crippen LogP contribution in [0.15, 0.2) is 30.6 Å². The summed E-state index contributed by atoms with van der Waals surface area (Å²) in [5.74, 6) is 0.478. The zero-order chi connectivity index (χ0) is 13.1. The molecule has 1 heterocycles. The lowest BCUT2D eigenvalue weighted by Crippen LogP contribution is -2.07. The Morgan fingerprint density at radius 1 is 1.50 bits per heavy atom. The lowest BCUT2D eigenvalue weighted by Gasteiger charge is -2.08. The van der Waals surface area contributed by atoms with E-state index in [-0.39, 0.29) is 12.2 Å². The van der Waals surface area contributed by atoms with E-state index < -0.39 is 0 Å². The summed E-state index contributed by atoms with van der Waals surface area (Å²) in [6.45, 7) is 0. The third-order valence-corrected chi connectivity index (χ3v) is 2.71. The number of ketones is 1. The molecule has 1 aromatic heterocycles. The second-order valence-corrected chi connectivity index (χ2v) is 4.04. The number of hydrogen-bond acceptors (Lipinski definition) is 4. The number of nitrogens with zero attached hydrogens (tertiary/aromatic N) is 2. The molecule has 18 heavy (non-hydrogen) atoms. The van der Waals surface area contributed by atoms with Gasteiger partial charge in [0.15, 0.2) is 5.78 Å². The van der Waals surface area contributed by atoms with Gasteiger partial charge in [-0.2, -0.15) is 5.10 Å². The average Bonchev–Trinajstić information content (AvgIpc) is 2.75. The van der Waals surface area contributed by atoms with Gasteiger partial charge in [0.2, 0.25) is 0 Å². The van der Waals surface area contributed by atoms with Gasteiger partial charge in [-0.3, -0.25) is 9.48 Å². The fourth-order valence-electron chi connectivity index (χ4n) is 1.81. The lowest BCUT2D eigenvalue weighted by atomic mass is 10.0. The van der Waals surface area contributed by atoms with Gasteiger partial charge in [-0.05, 0) is 17.7 Å². The standard InChI is InChI=1S/C13H15N3O2/c1-16-8-9(7-15-16)6-11(17)10-4-3-5-12(18-2)13(10)14/h3-5,7-8H,6,14H2,1-2H3. The number of methoxy groups -OCH3 is 1. The number of nitrogens with two attached hydrogens (primary N) is 1. The first-order chi connectivity index (χ1) is 8.61. The van der Waals surface area contributed by atoms with Gasteiger partial charge in [0, 0.05) is 25.2 Å². The van der Waals surface area contributed by atoms with Crippen molar-refractivity contribution in [1.82, 2.24) is 9.78 Å². The number of aryl methyl sites for hydroxylation is 1. The van der Waals surface area contributed by atoms with Crippen molar-refractivity contribution >= 4 is 11.5 Å². The highest BCUT2D eigenvalue weighted by Crippen LogP contribution is 2.25. The van der Waals surface area contributed by atoms with Crippen molar-refractivity contribution in [2.45, 2.75) is 6.42 Å². The summed E-state index contributed by atoms with van der Waals surface area (Å²) in [5.41, 5.74) is 7.62. The number of nitrogen functional groups attached to an aromatic ring is 1. The summed E-state index contributed by atoms with van der Waals surface area (Å²) in [6.07, 6.45) is 3.77. The highest BCUT2D eigenvalue weighted by Gasteiger charge is 2.14. The smallest absolute Gasteiger partial charge is 0.169 e. The molecular formula is C13H15N3O2. The number of benzene rings is 1. The number of hydrogen-bond donors (Lipinski definition) is 1. The van der Waals surface area contributed by atoms with Crippen molar-refractivity contribution in [2.75, 3.05) is 12.8 Å². The molecule has 2 N–H and O–H groups in total. The van der Waals surface area contributed by atoms with E-state index in [1.165, 1.54) is 7.11 Å². The largest absolute Gasteiger partial charge is 0.495 e. The van der Waals surface area contributed by atoms with Gasteiger partial charge in [0.25, 0.3) is 0 Å². The second-order valence-electron chi connectivity index (χ2n) is 4.04. The number of para-hydroxylation sites is 1. The Morgan fingerprint density at radius 3 is 2.89 bits per heavy atom. The van der Waals surface area contributed by atoms with E-state index in [2.05, 4.69) is 5.10 Å². The third-order valence-electron chi connectivity index (χ3n) is 2.71. The molecule has 0 aliphatic rings. The highest BCUT2D eigenvalue weighted by atomic mass is 16.5. The number of carbonyl (C=O) groups is 1. The molecule has 0 spiro atoms. The zero-order valence-corrected chi connectivity index (χ0v) is 10.4. The van der Waals surface area contributed by atoms with E-state index in [0.29, 0.717) is 17.0 Å². The Bertz CT molecular complexity index is 575. The summed E-state index contributed by atoms with van der Waals surface area (Å²) in [7, 11) is 3.34. The Labute approximate surface area is 105 Å². The summed E-state index contributed by atoms with van der Waals surface area (Å²) in [4.78, 5) is 12.1. The average molecular weight is 245 g/mol. The topological polar surface area (TPSA) is 70.1 Å². The van der Waals surface area contributed by atoms with Crippen LogP contribution in [0.2, 0.25) is 0 Å². The molecule has 0 radical (unpaired) electrons. The van der Waals surface area contributed by atoms with E-state index in [0.717, 1.165) is 5.56 Å². The molecule has 0 saturated carbocycles. The first kappa shape index (κ1) is 12.2. The van der Waals surface area contributed by atoms with Crippen LogP contribution >= 0.6 is 0 Å². The van der Waals surface area contributed by atoms with E-state index >= 15 is 0 Å². The van der Waals surface area contributed by atoms with Gasteiger partial charge < -0.3 is 10.5 Å². The number of aromatic nitrogens is 2. The molecule has 0 atom stereocenters. The summed E-state index contributed by atoms with van der Waals surface area (Å²) in [5, 5.41) is 4.03. The Morgan fingerprint density at radius 2 is 2.28 bits per heavy atom. The molecule has 5 heteroatoms. The van der Waals surface area contributed by atoms with Crippen molar-refractivity contribution in [3.05, 3.63) is 41.7 Å². The molecule has 2 aromatic rings. The fourth-order valence-corrected chi connectivity index (χ4v) is 1.81. The first-order valence-electron chi connectivity index (χ1n) is 5.55. The Kier molecular flexibility index (Phi) is 3.32. The highest BCUT2D eigenvalue weighted by molar-refractivity contribution is 6.02. The van der Waals surface area contributed by atoms with Crippen molar-refractivity contribution in [1.29, 1.82) is 0 Å². The summed E-state index contributed by atoms with van der Waals surface area (Å²) < 4.78 is 6.76. The monoisotopic (exact) mass is 245 g/mol. The zero-order valence-electron chi connectivity index (χ0n) is 10.4. The minimum atomic E-state index is -0.0422. The maximum Gasteiger partial charge on any atom is 0.169 e. The molecule has 0 saturated heterocycles. The van der Waals surface area contributed by atoms with Gasteiger partial charge in [-0.1, -0.05) is 6.07 Å². The van der Waals surface area contributed by atoms with E-state index in [4.69, 9.17) is 10.5 Å². The van der Waals surface area contributed by atoms with Crippen molar-refractivity contribution in [3.63, 3.8) is 0 Å². The number of Topliss-reactive ketones (excluding diaryl/α,β-unsaturated/α-hetero) is 1. The van der Waals surface area contributed by atoms with Gasteiger partial charge >= 0.3 is 0 Å². The van der Waals surface area contributed by atoms with Crippen LogP contribution in [-0.2, 0) is 13.5 Å². The van der Waals surface area contributed by atoms with Crippen LogP contribution in [0.4, 0.5) is 5.69 Å². The maximum atomic E-state index is 12.1. The summed E-state index contributed by atoms with van der Waals surface area (Å²) >= 11 is 0. The minimum Gasteiger partial charge on any atom is -0.495 e. The molecule has 0 amide bonds. The van der Waals surface area contributed by atoms with Gasteiger partial charge in [-0.25, -0.2) is 0 Å². The van der Waals surface area contributed by atoms with Crippen LogP contribution in [0.1, 0.15) is 15.9 Å². The van der Waals surface area contributed by atoms with Crippen molar-refractivity contribution in [2.24, 2.45) is 7.05 Å². The molecular weight excluding hydrogens is 230 g/mol. The predicted octanol–water partition coefficient (Wildman–Crippen LogP) is 1.44. The molecule has 0 aliphatic heterocycles.